The van der Waals surface area contributed by atoms with Gasteiger partial charge in [-0.15, -0.1) is 0 Å². The molecule has 13 nitrogen and oxygen atoms in total. The van der Waals surface area contributed by atoms with Crippen LogP contribution >= 0.6 is 7.75 Å². The molecule has 3 aromatic rings. The quantitative estimate of drug-likeness (QED) is 0.163. The van der Waals surface area contributed by atoms with E-state index in [9.17, 15) is 19.3 Å². The fourth-order valence-electron chi connectivity index (χ4n) is 4.65. The van der Waals surface area contributed by atoms with Crippen LogP contribution in [0.15, 0.2) is 53.6 Å². The van der Waals surface area contributed by atoms with Crippen LogP contribution in [-0.4, -0.2) is 55.5 Å². The number of aliphatic hydroxyl groups excluding tert-OH is 1. The van der Waals surface area contributed by atoms with E-state index in [-0.39, 0.29) is 42.0 Å². The maximum Gasteiger partial charge on any atom is 0.459 e. The number of esters is 1. The Morgan fingerprint density at radius 1 is 1.36 bits per heavy atom. The number of rotatable bonds is 10. The molecule has 2 saturated carbocycles. The summed E-state index contributed by atoms with van der Waals surface area (Å²) in [5.41, 5.74) is 6.17. The molecule has 0 bridgehead atoms. The number of nitrogens with zero attached hydrogens (tertiary/aromatic N) is 3. The van der Waals surface area contributed by atoms with E-state index >= 15 is 0 Å². The van der Waals surface area contributed by atoms with Crippen LogP contribution < -0.4 is 20.9 Å². The van der Waals surface area contributed by atoms with Gasteiger partial charge in [0.1, 0.15) is 17.9 Å². The lowest BCUT2D eigenvalue weighted by Gasteiger charge is -2.28. The smallest absolute Gasteiger partial charge is 0.459 e. The third kappa shape index (κ3) is 5.76. The van der Waals surface area contributed by atoms with Crippen molar-refractivity contribution in [1.82, 2.24) is 24.6 Å². The number of nitrogens with two attached hydrogens (primary N) is 1. The predicted molar refractivity (Wildman–Crippen MR) is 142 cm³/mol. The molecular weight excluding hydrogens is 527 g/mol. The normalized spacial score (nSPS) is 23.7. The molecule has 14 heteroatoms. The molecule has 5 atom stereocenters. The Kier molecular flexibility index (Phi) is 7.59. The lowest BCUT2D eigenvalue weighted by Crippen LogP contribution is -2.38. The first-order chi connectivity index (χ1) is 18.6. The minimum absolute atomic E-state index is 0.0617. The lowest BCUT2D eigenvalue weighted by atomic mass is 9.96. The number of carbonyl (C=O) groups excluding carboxylic acids is 1. The van der Waals surface area contributed by atoms with E-state index < -0.39 is 43.4 Å². The van der Waals surface area contributed by atoms with Crippen molar-refractivity contribution in [1.29, 1.82) is 0 Å². The molecule has 2 fully saturated rings. The molecule has 2 aliphatic carbocycles. The van der Waals surface area contributed by atoms with Gasteiger partial charge in [0.25, 0.3) is 5.56 Å². The largest absolute Gasteiger partial charge is 0.461 e. The Balaban J connectivity index is 1.32. The van der Waals surface area contributed by atoms with E-state index in [1.165, 1.54) is 13.3 Å². The molecule has 0 spiro atoms. The van der Waals surface area contributed by atoms with Crippen LogP contribution in [0.4, 0.5) is 5.95 Å². The average molecular weight is 559 g/mol. The second kappa shape index (κ2) is 10.9. The fourth-order valence-corrected chi connectivity index (χ4v) is 6.17. The third-order valence-electron chi connectivity index (χ3n) is 7.05. The summed E-state index contributed by atoms with van der Waals surface area (Å²) in [5.74, 6) is -0.985. The molecular formula is C25H31N6O7P. The van der Waals surface area contributed by atoms with Crippen LogP contribution in [0, 0.1) is 5.92 Å². The number of hydrogen-bond acceptors (Lipinski definition) is 10. The first-order valence-electron chi connectivity index (χ1n) is 12.7. The molecule has 2 unspecified atom stereocenters. The van der Waals surface area contributed by atoms with Crippen molar-refractivity contribution >= 4 is 30.8 Å². The number of para-hydroxylation sites is 1. The maximum atomic E-state index is 13.8. The highest BCUT2D eigenvalue weighted by Crippen LogP contribution is 2.48. The van der Waals surface area contributed by atoms with Gasteiger partial charge >= 0.3 is 13.7 Å². The highest BCUT2D eigenvalue weighted by molar-refractivity contribution is 7.52. The molecule has 2 heterocycles. The van der Waals surface area contributed by atoms with Crippen molar-refractivity contribution in [3.8, 4) is 5.75 Å². The Morgan fingerprint density at radius 2 is 2.10 bits per heavy atom. The van der Waals surface area contributed by atoms with Gasteiger partial charge in [-0.1, -0.05) is 24.8 Å². The van der Waals surface area contributed by atoms with Gasteiger partial charge in [0.05, 0.1) is 25.1 Å². The SMILES string of the molecule is C=C1[C@H](COP(=O)(NC(C)C(=O)OC2CCC2)Oc2ccccc2)[C@@H](O)C[C@@H]1n1cnc2c(=O)[nH]c(N)nc21. The van der Waals surface area contributed by atoms with Crippen molar-refractivity contribution < 1.29 is 28.3 Å². The zero-order chi connectivity index (χ0) is 27.7. The number of anilines is 1. The van der Waals surface area contributed by atoms with Gasteiger partial charge in [-0.25, -0.2) is 9.55 Å². The molecule has 39 heavy (non-hydrogen) atoms. The van der Waals surface area contributed by atoms with Crippen molar-refractivity contribution in [2.75, 3.05) is 12.3 Å². The number of ether oxygens (including phenoxy) is 1. The predicted octanol–water partition coefficient (Wildman–Crippen LogP) is 2.46. The van der Waals surface area contributed by atoms with Crippen LogP contribution in [0.1, 0.15) is 38.6 Å². The molecule has 2 aliphatic rings. The Labute approximate surface area is 224 Å². The van der Waals surface area contributed by atoms with Crippen molar-refractivity contribution in [3.63, 3.8) is 0 Å². The van der Waals surface area contributed by atoms with Gasteiger partial charge in [-0.2, -0.15) is 10.1 Å². The summed E-state index contributed by atoms with van der Waals surface area (Å²) in [6.45, 7) is 5.44. The minimum Gasteiger partial charge on any atom is -0.461 e. The summed E-state index contributed by atoms with van der Waals surface area (Å²) in [6, 6.07) is 6.98. The number of aromatic amines is 1. The van der Waals surface area contributed by atoms with Crippen molar-refractivity contribution in [2.24, 2.45) is 5.92 Å². The first kappa shape index (κ1) is 27.1. The summed E-state index contributed by atoms with van der Waals surface area (Å²) in [5, 5.41) is 13.6. The minimum atomic E-state index is -4.12. The van der Waals surface area contributed by atoms with Gasteiger partial charge in [0.15, 0.2) is 11.2 Å². The molecule has 5 N–H and O–H groups in total. The van der Waals surface area contributed by atoms with Gasteiger partial charge in [-0.3, -0.25) is 19.1 Å². The Hall–Kier alpha value is -3.51. The number of H-pyrrole nitrogens is 1. The van der Waals surface area contributed by atoms with Crippen LogP contribution in [0.25, 0.3) is 11.2 Å². The van der Waals surface area contributed by atoms with Crippen molar-refractivity contribution in [3.05, 3.63) is 59.2 Å². The summed E-state index contributed by atoms with van der Waals surface area (Å²) in [7, 11) is -4.12. The molecule has 2 aromatic heterocycles. The molecule has 5 rings (SSSR count). The molecule has 0 radical (unpaired) electrons. The highest BCUT2D eigenvalue weighted by atomic mass is 31.2. The summed E-state index contributed by atoms with van der Waals surface area (Å²) in [4.78, 5) is 35.5. The van der Waals surface area contributed by atoms with E-state index in [2.05, 4.69) is 26.6 Å². The Bertz CT molecular complexity index is 1470. The Morgan fingerprint density at radius 3 is 2.79 bits per heavy atom. The second-order valence-electron chi connectivity index (χ2n) is 9.81. The van der Waals surface area contributed by atoms with E-state index in [1.54, 1.807) is 34.9 Å². The van der Waals surface area contributed by atoms with Gasteiger partial charge in [0, 0.05) is 5.92 Å². The number of fused-ring (bicyclic) bond motifs is 1. The number of aliphatic hydroxyl groups is 1. The summed E-state index contributed by atoms with van der Waals surface area (Å²) >= 11 is 0. The second-order valence-corrected chi connectivity index (χ2v) is 11.5. The lowest BCUT2D eigenvalue weighted by molar-refractivity contribution is -0.154. The number of imidazole rings is 1. The van der Waals surface area contributed by atoms with Gasteiger partial charge in [-0.05, 0) is 50.3 Å². The number of carbonyl (C=O) groups is 1. The zero-order valence-corrected chi connectivity index (χ0v) is 22.3. The number of aromatic nitrogens is 4. The number of nitrogen functional groups attached to an aromatic ring is 1. The maximum absolute atomic E-state index is 13.8. The first-order valence-corrected chi connectivity index (χ1v) is 14.2. The number of nitrogens with one attached hydrogen (secondary N) is 2. The highest BCUT2D eigenvalue weighted by Gasteiger charge is 2.41. The van der Waals surface area contributed by atoms with Crippen molar-refractivity contribution in [2.45, 2.75) is 56.9 Å². The topological polar surface area (TPSA) is 184 Å². The molecule has 208 valence electrons. The molecule has 1 aromatic carbocycles. The third-order valence-corrected chi connectivity index (χ3v) is 8.70. The van der Waals surface area contributed by atoms with Crippen LogP contribution in [0.3, 0.4) is 0 Å². The molecule has 0 saturated heterocycles. The zero-order valence-electron chi connectivity index (χ0n) is 21.4. The van der Waals surface area contributed by atoms with Gasteiger partial charge in [0.2, 0.25) is 5.95 Å². The average Bonchev–Trinajstić information content (AvgIpc) is 3.40. The van der Waals surface area contributed by atoms with E-state index in [1.807, 2.05) is 0 Å². The van der Waals surface area contributed by atoms with E-state index in [0.29, 0.717) is 5.57 Å². The molecule has 0 aliphatic heterocycles. The standard InChI is InChI=1S/C25H31N6O7P/c1-14-18(20(32)11-19(14)31-13-27-21-22(31)28-25(26)29-23(21)33)12-36-39(35,38-17-7-4-3-5-8-17)30-15(2)24(34)37-16-9-6-10-16/h3-5,7-8,13,15-16,18-20,32H,1,6,9-12H2,2H3,(H,30,35)(H3,26,28,29,33)/t15?,18-,19-,20-,39?/m0/s1. The number of hydrogen-bond donors (Lipinski definition) is 4. The van der Waals surface area contributed by atoms with E-state index in [4.69, 9.17) is 19.5 Å². The van der Waals surface area contributed by atoms with Crippen LogP contribution in [0.5, 0.6) is 5.75 Å². The number of benzene rings is 1. The molecule has 0 amide bonds. The summed E-state index contributed by atoms with van der Waals surface area (Å²) in [6.07, 6.45) is 3.24. The summed E-state index contributed by atoms with van der Waals surface area (Å²) < 4.78 is 32.4. The van der Waals surface area contributed by atoms with Crippen LogP contribution in [0.2, 0.25) is 0 Å². The fraction of sp³-hybridized carbons (Fsp3) is 0.440. The van der Waals surface area contributed by atoms with Crippen LogP contribution in [-0.2, 0) is 18.6 Å². The monoisotopic (exact) mass is 558 g/mol. The van der Waals surface area contributed by atoms with Gasteiger partial charge < -0.3 is 24.7 Å². The van der Waals surface area contributed by atoms with E-state index in [0.717, 1.165) is 19.3 Å².